The van der Waals surface area contributed by atoms with E-state index in [1.54, 1.807) is 41.1 Å². The Hall–Kier alpha value is -3.11. The first-order valence-electron chi connectivity index (χ1n) is 10.7. The molecule has 1 N–H and O–H groups in total. The van der Waals surface area contributed by atoms with Crippen LogP contribution in [0.3, 0.4) is 0 Å². The Morgan fingerprint density at radius 3 is 2.58 bits per heavy atom. The number of carboxylic acid groups (broad SMARTS) is 1. The highest BCUT2D eigenvalue weighted by Gasteiger charge is 2.34. The SMILES string of the molecule is COc1ccc2c(C3CCN(S(=O)(=O)c4ccc(OC(C)C)cc4)C3)cn(CC(=O)O)c2n1. The van der Waals surface area contributed by atoms with E-state index in [4.69, 9.17) is 9.47 Å². The first-order valence-corrected chi connectivity index (χ1v) is 12.2. The number of fused-ring (bicyclic) bond motifs is 1. The molecule has 3 heterocycles. The number of ether oxygens (including phenoxy) is 2. The van der Waals surface area contributed by atoms with Crippen molar-refractivity contribution in [1.82, 2.24) is 13.9 Å². The highest BCUT2D eigenvalue weighted by molar-refractivity contribution is 7.89. The number of carbonyl (C=O) groups is 1. The van der Waals surface area contributed by atoms with Crippen LogP contribution < -0.4 is 9.47 Å². The largest absolute Gasteiger partial charge is 0.491 e. The number of aromatic nitrogens is 2. The molecule has 0 saturated carbocycles. The molecule has 1 aliphatic rings. The van der Waals surface area contributed by atoms with Crippen LogP contribution in [0, 0.1) is 0 Å². The lowest BCUT2D eigenvalue weighted by molar-refractivity contribution is -0.137. The summed E-state index contributed by atoms with van der Waals surface area (Å²) in [5, 5.41) is 10.1. The molecule has 10 heteroatoms. The van der Waals surface area contributed by atoms with E-state index in [9.17, 15) is 18.3 Å². The molecule has 1 aromatic carbocycles. The Morgan fingerprint density at radius 2 is 1.94 bits per heavy atom. The molecule has 1 aliphatic heterocycles. The monoisotopic (exact) mass is 473 g/mol. The Bertz CT molecular complexity index is 1270. The van der Waals surface area contributed by atoms with Crippen molar-refractivity contribution in [2.75, 3.05) is 20.2 Å². The van der Waals surface area contributed by atoms with Crippen LogP contribution in [0.25, 0.3) is 11.0 Å². The molecular formula is C23H27N3O6S. The Kier molecular flexibility index (Phi) is 6.31. The zero-order valence-corrected chi connectivity index (χ0v) is 19.6. The summed E-state index contributed by atoms with van der Waals surface area (Å²) in [7, 11) is -2.16. The lowest BCUT2D eigenvalue weighted by Gasteiger charge is -2.17. The zero-order chi connectivity index (χ0) is 23.8. The molecule has 0 radical (unpaired) electrons. The fourth-order valence-corrected chi connectivity index (χ4v) is 5.69. The maximum absolute atomic E-state index is 13.2. The van der Waals surface area contributed by atoms with Crippen molar-refractivity contribution in [2.24, 2.45) is 0 Å². The number of carboxylic acids is 1. The maximum atomic E-state index is 13.2. The normalized spacial score (nSPS) is 17.0. The second-order valence-electron chi connectivity index (χ2n) is 8.32. The lowest BCUT2D eigenvalue weighted by atomic mass is 9.99. The van der Waals surface area contributed by atoms with Crippen molar-refractivity contribution in [3.8, 4) is 11.6 Å². The molecule has 1 saturated heterocycles. The predicted octanol–water partition coefficient (Wildman–Crippen LogP) is 3.09. The van der Waals surface area contributed by atoms with E-state index in [0.29, 0.717) is 36.8 Å². The molecule has 0 amide bonds. The number of sulfonamides is 1. The summed E-state index contributed by atoms with van der Waals surface area (Å²) in [6.07, 6.45) is 2.40. The maximum Gasteiger partial charge on any atom is 0.323 e. The number of benzene rings is 1. The third kappa shape index (κ3) is 4.67. The highest BCUT2D eigenvalue weighted by Crippen LogP contribution is 2.36. The van der Waals surface area contributed by atoms with Gasteiger partial charge in [-0.25, -0.2) is 8.42 Å². The summed E-state index contributed by atoms with van der Waals surface area (Å²) in [6.45, 7) is 4.27. The molecule has 4 rings (SSSR count). The first-order chi connectivity index (χ1) is 15.7. The summed E-state index contributed by atoms with van der Waals surface area (Å²) >= 11 is 0. The van der Waals surface area contributed by atoms with E-state index < -0.39 is 16.0 Å². The van der Waals surface area contributed by atoms with Gasteiger partial charge in [0.1, 0.15) is 17.9 Å². The fraction of sp³-hybridized carbons (Fsp3) is 0.391. The molecule has 0 bridgehead atoms. The van der Waals surface area contributed by atoms with E-state index >= 15 is 0 Å². The van der Waals surface area contributed by atoms with Gasteiger partial charge in [0, 0.05) is 36.7 Å². The fourth-order valence-electron chi connectivity index (χ4n) is 4.19. The molecule has 3 aromatic rings. The average molecular weight is 474 g/mol. The van der Waals surface area contributed by atoms with Crippen LogP contribution in [0.5, 0.6) is 11.6 Å². The van der Waals surface area contributed by atoms with Crippen LogP contribution in [0.4, 0.5) is 0 Å². The second-order valence-corrected chi connectivity index (χ2v) is 10.3. The molecule has 2 aromatic heterocycles. The summed E-state index contributed by atoms with van der Waals surface area (Å²) in [4.78, 5) is 16.0. The molecule has 0 spiro atoms. The van der Waals surface area contributed by atoms with E-state index in [1.807, 2.05) is 19.9 Å². The van der Waals surface area contributed by atoms with Gasteiger partial charge in [0.2, 0.25) is 15.9 Å². The van der Waals surface area contributed by atoms with Gasteiger partial charge in [-0.2, -0.15) is 9.29 Å². The predicted molar refractivity (Wildman–Crippen MR) is 122 cm³/mol. The minimum atomic E-state index is -3.66. The van der Waals surface area contributed by atoms with E-state index in [2.05, 4.69) is 4.98 Å². The molecular weight excluding hydrogens is 446 g/mol. The van der Waals surface area contributed by atoms with Crippen LogP contribution in [0.15, 0.2) is 47.5 Å². The molecule has 1 unspecified atom stereocenters. The lowest BCUT2D eigenvalue weighted by Crippen LogP contribution is -2.28. The Morgan fingerprint density at radius 1 is 1.21 bits per heavy atom. The Balaban J connectivity index is 1.60. The van der Waals surface area contributed by atoms with Crippen LogP contribution in [-0.2, 0) is 21.4 Å². The standard InChI is InChI=1S/C23H27N3O6S/c1-15(2)32-17-4-6-18(7-5-17)33(29,30)26-11-10-16(12-26)20-13-25(14-22(27)28)23-19(20)8-9-21(24-23)31-3/h4-9,13,15-16H,10-12,14H2,1-3H3,(H,27,28). The van der Waals surface area contributed by atoms with Gasteiger partial charge in [-0.05, 0) is 56.2 Å². The third-order valence-corrected chi connectivity index (χ3v) is 7.55. The summed E-state index contributed by atoms with van der Waals surface area (Å²) in [5.41, 5.74) is 1.40. The van der Waals surface area contributed by atoms with Gasteiger partial charge < -0.3 is 19.1 Å². The number of aliphatic carboxylic acids is 1. The third-order valence-electron chi connectivity index (χ3n) is 5.67. The van der Waals surface area contributed by atoms with Crippen molar-refractivity contribution >= 4 is 27.0 Å². The van der Waals surface area contributed by atoms with Gasteiger partial charge in [0.25, 0.3) is 0 Å². The number of methoxy groups -OCH3 is 1. The van der Waals surface area contributed by atoms with E-state index in [1.165, 1.54) is 11.4 Å². The number of rotatable bonds is 8. The van der Waals surface area contributed by atoms with E-state index in [-0.39, 0.29) is 23.5 Å². The summed E-state index contributed by atoms with van der Waals surface area (Å²) in [6, 6.07) is 10.0. The molecule has 0 aliphatic carbocycles. The Labute approximate surface area is 192 Å². The molecule has 1 atom stereocenters. The average Bonchev–Trinajstić information content (AvgIpc) is 3.39. The molecule has 9 nitrogen and oxygen atoms in total. The molecule has 1 fully saturated rings. The van der Waals surface area contributed by atoms with Crippen LogP contribution in [-0.4, -0.2) is 59.7 Å². The van der Waals surface area contributed by atoms with Crippen LogP contribution >= 0.6 is 0 Å². The minimum Gasteiger partial charge on any atom is -0.491 e. The summed E-state index contributed by atoms with van der Waals surface area (Å²) in [5.74, 6) is -0.0450. The number of hydrogen-bond donors (Lipinski definition) is 1. The van der Waals surface area contributed by atoms with Gasteiger partial charge in [0.05, 0.1) is 18.1 Å². The van der Waals surface area contributed by atoms with Gasteiger partial charge >= 0.3 is 5.97 Å². The zero-order valence-electron chi connectivity index (χ0n) is 18.8. The molecule has 33 heavy (non-hydrogen) atoms. The summed E-state index contributed by atoms with van der Waals surface area (Å²) < 4.78 is 40.3. The number of nitrogens with zero attached hydrogens (tertiary/aromatic N) is 3. The van der Waals surface area contributed by atoms with Crippen molar-refractivity contribution in [3.63, 3.8) is 0 Å². The number of hydrogen-bond acceptors (Lipinski definition) is 6. The number of pyridine rings is 1. The second kappa shape index (κ2) is 9.03. The van der Waals surface area contributed by atoms with E-state index in [0.717, 1.165) is 10.9 Å². The highest BCUT2D eigenvalue weighted by atomic mass is 32.2. The van der Waals surface area contributed by atoms with Gasteiger partial charge in [-0.3, -0.25) is 4.79 Å². The minimum absolute atomic E-state index is 0.00418. The topological polar surface area (TPSA) is 111 Å². The van der Waals surface area contributed by atoms with Gasteiger partial charge in [-0.15, -0.1) is 0 Å². The van der Waals surface area contributed by atoms with Crippen LogP contribution in [0.1, 0.15) is 31.7 Å². The first kappa shape index (κ1) is 23.1. The smallest absolute Gasteiger partial charge is 0.323 e. The van der Waals surface area contributed by atoms with Crippen molar-refractivity contribution in [2.45, 2.75) is 43.7 Å². The van der Waals surface area contributed by atoms with Crippen molar-refractivity contribution in [3.05, 3.63) is 48.2 Å². The van der Waals surface area contributed by atoms with Crippen LogP contribution in [0.2, 0.25) is 0 Å². The van der Waals surface area contributed by atoms with Gasteiger partial charge in [-0.1, -0.05) is 0 Å². The van der Waals surface area contributed by atoms with Gasteiger partial charge in [0.15, 0.2) is 0 Å². The molecule has 176 valence electrons. The quantitative estimate of drug-likeness (QED) is 0.535. The van der Waals surface area contributed by atoms with Crippen molar-refractivity contribution in [1.29, 1.82) is 0 Å². The van der Waals surface area contributed by atoms with Crippen molar-refractivity contribution < 1.29 is 27.8 Å².